The van der Waals surface area contributed by atoms with E-state index in [0.29, 0.717) is 6.04 Å². The molecule has 0 spiro atoms. The van der Waals surface area contributed by atoms with Crippen LogP contribution in [0.1, 0.15) is 24.8 Å². The van der Waals surface area contributed by atoms with Crippen LogP contribution in [0.3, 0.4) is 0 Å². The molecule has 1 saturated carbocycles. The van der Waals surface area contributed by atoms with Crippen LogP contribution in [0.4, 0.5) is 5.69 Å². The Morgan fingerprint density at radius 3 is 2.94 bits per heavy atom. The number of halogens is 1. The normalized spacial score (nSPS) is 14.9. The highest BCUT2D eigenvalue weighted by Crippen LogP contribution is 2.28. The number of rotatable bonds is 6. The monoisotopic (exact) mass is 331 g/mol. The molecule has 16 heavy (non-hydrogen) atoms. The minimum Gasteiger partial charge on any atom is -0.493 e. The van der Waals surface area contributed by atoms with Crippen molar-refractivity contribution in [3.63, 3.8) is 0 Å². The van der Waals surface area contributed by atoms with E-state index in [1.54, 1.807) is 0 Å². The van der Waals surface area contributed by atoms with Crippen molar-refractivity contribution in [3.05, 3.63) is 23.8 Å². The van der Waals surface area contributed by atoms with Gasteiger partial charge in [-0.25, -0.2) is 0 Å². The lowest BCUT2D eigenvalue weighted by Crippen LogP contribution is -2.03. The number of ether oxygens (including phenoxy) is 1. The van der Waals surface area contributed by atoms with Gasteiger partial charge in [0.25, 0.3) is 0 Å². The molecule has 2 rings (SSSR count). The van der Waals surface area contributed by atoms with E-state index in [2.05, 4.69) is 53.0 Å². The van der Waals surface area contributed by atoms with Gasteiger partial charge in [-0.1, -0.05) is 28.7 Å². The van der Waals surface area contributed by atoms with Crippen LogP contribution in [0, 0.1) is 6.92 Å². The molecule has 88 valence electrons. The van der Waals surface area contributed by atoms with Gasteiger partial charge in [0.2, 0.25) is 0 Å². The highest BCUT2D eigenvalue weighted by Gasteiger charge is 2.20. The molecule has 1 N–H and O–H groups in total. The maximum Gasteiger partial charge on any atom is 0.124 e. The zero-order valence-electron chi connectivity index (χ0n) is 9.63. The molecule has 0 atom stereocenters. The number of nitrogens with one attached hydrogen (secondary N) is 1. The molecule has 1 aliphatic rings. The quantitative estimate of drug-likeness (QED) is 0.487. The zero-order chi connectivity index (χ0) is 11.4. The molecule has 0 aromatic heterocycles. The van der Waals surface area contributed by atoms with Crippen LogP contribution in [0.2, 0.25) is 0 Å². The number of aryl methyl sites for hydroxylation is 1. The predicted molar refractivity (Wildman–Crippen MR) is 76.8 cm³/mol. The van der Waals surface area contributed by atoms with Gasteiger partial charge in [-0.15, -0.1) is 0 Å². The molecule has 0 amide bonds. The number of alkyl halides is 1. The molecule has 1 fully saturated rings. The molecule has 1 aliphatic carbocycles. The largest absolute Gasteiger partial charge is 0.493 e. The predicted octanol–water partition coefficient (Wildman–Crippen LogP) is 3.77. The summed E-state index contributed by atoms with van der Waals surface area (Å²) < 4.78 is 6.92. The van der Waals surface area contributed by atoms with E-state index >= 15 is 0 Å². The van der Waals surface area contributed by atoms with Crippen LogP contribution >= 0.6 is 22.6 Å². The van der Waals surface area contributed by atoms with E-state index in [-0.39, 0.29) is 0 Å². The number of anilines is 1. The summed E-state index contributed by atoms with van der Waals surface area (Å²) in [4.78, 5) is 0. The molecule has 1 aromatic rings. The summed E-state index contributed by atoms with van der Waals surface area (Å²) in [6.07, 6.45) is 3.72. The van der Waals surface area contributed by atoms with E-state index in [9.17, 15) is 0 Å². The topological polar surface area (TPSA) is 21.3 Å². The first-order chi connectivity index (χ1) is 7.79. The minimum atomic E-state index is 0.699. The SMILES string of the molecule is Cc1ccc(NC2CC2)cc1OCCCI. The van der Waals surface area contributed by atoms with Crippen LogP contribution < -0.4 is 10.1 Å². The average Bonchev–Trinajstić information content (AvgIpc) is 3.07. The third-order valence-electron chi connectivity index (χ3n) is 2.67. The van der Waals surface area contributed by atoms with Crippen molar-refractivity contribution in [1.29, 1.82) is 0 Å². The van der Waals surface area contributed by atoms with Crippen LogP contribution in [-0.2, 0) is 0 Å². The van der Waals surface area contributed by atoms with Crippen LogP contribution in [0.15, 0.2) is 18.2 Å². The molecule has 0 heterocycles. The van der Waals surface area contributed by atoms with Gasteiger partial charge in [-0.2, -0.15) is 0 Å². The molecule has 0 saturated heterocycles. The first-order valence-corrected chi connectivity index (χ1v) is 7.38. The molecule has 0 aliphatic heterocycles. The molecule has 1 aromatic carbocycles. The first kappa shape index (κ1) is 12.0. The van der Waals surface area contributed by atoms with Gasteiger partial charge in [0, 0.05) is 22.2 Å². The summed E-state index contributed by atoms with van der Waals surface area (Å²) in [5.41, 5.74) is 2.41. The van der Waals surface area contributed by atoms with Crippen molar-refractivity contribution < 1.29 is 4.74 Å². The number of benzene rings is 1. The van der Waals surface area contributed by atoms with Crippen molar-refractivity contribution >= 4 is 28.3 Å². The smallest absolute Gasteiger partial charge is 0.124 e. The van der Waals surface area contributed by atoms with Crippen LogP contribution in [0.25, 0.3) is 0 Å². The first-order valence-electron chi connectivity index (χ1n) is 5.85. The Labute approximate surface area is 111 Å². The minimum absolute atomic E-state index is 0.699. The lowest BCUT2D eigenvalue weighted by atomic mass is 10.2. The zero-order valence-corrected chi connectivity index (χ0v) is 11.8. The highest BCUT2D eigenvalue weighted by molar-refractivity contribution is 14.1. The van der Waals surface area contributed by atoms with Gasteiger partial charge in [0.1, 0.15) is 5.75 Å². The Hall–Kier alpha value is -0.450. The summed E-state index contributed by atoms with van der Waals surface area (Å²) in [7, 11) is 0. The summed E-state index contributed by atoms with van der Waals surface area (Å²) in [6, 6.07) is 7.09. The van der Waals surface area contributed by atoms with Gasteiger partial charge in [-0.3, -0.25) is 0 Å². The van der Waals surface area contributed by atoms with Crippen molar-refractivity contribution in [1.82, 2.24) is 0 Å². The van der Waals surface area contributed by atoms with Crippen molar-refractivity contribution in [2.45, 2.75) is 32.2 Å². The maximum absolute atomic E-state index is 5.78. The molecular weight excluding hydrogens is 313 g/mol. The fourth-order valence-corrected chi connectivity index (χ4v) is 1.86. The summed E-state index contributed by atoms with van der Waals surface area (Å²) >= 11 is 2.38. The van der Waals surface area contributed by atoms with E-state index in [1.165, 1.54) is 24.1 Å². The second-order valence-electron chi connectivity index (χ2n) is 4.29. The van der Waals surface area contributed by atoms with Crippen molar-refractivity contribution in [3.8, 4) is 5.75 Å². The van der Waals surface area contributed by atoms with E-state index < -0.39 is 0 Å². The summed E-state index contributed by atoms with van der Waals surface area (Å²) in [6.45, 7) is 2.91. The van der Waals surface area contributed by atoms with E-state index in [1.807, 2.05) is 0 Å². The number of hydrogen-bond acceptors (Lipinski definition) is 2. The standard InChI is InChI=1S/C13H18INO/c1-10-3-4-12(15-11-5-6-11)9-13(10)16-8-2-7-14/h3-4,9,11,15H,2,5-8H2,1H3. The molecule has 0 radical (unpaired) electrons. The average molecular weight is 331 g/mol. The molecule has 0 unspecified atom stereocenters. The highest BCUT2D eigenvalue weighted by atomic mass is 127. The Bertz CT molecular complexity index is 350. The second-order valence-corrected chi connectivity index (χ2v) is 5.37. The van der Waals surface area contributed by atoms with E-state index in [4.69, 9.17) is 4.74 Å². The number of hydrogen-bond donors (Lipinski definition) is 1. The molecular formula is C13H18INO. The van der Waals surface area contributed by atoms with Gasteiger partial charge >= 0.3 is 0 Å². The van der Waals surface area contributed by atoms with Crippen LogP contribution in [0.5, 0.6) is 5.75 Å². The summed E-state index contributed by atoms with van der Waals surface area (Å²) in [5.74, 6) is 1.02. The fourth-order valence-electron chi connectivity index (χ4n) is 1.55. The van der Waals surface area contributed by atoms with Crippen LogP contribution in [-0.4, -0.2) is 17.1 Å². The second kappa shape index (κ2) is 5.75. The lowest BCUT2D eigenvalue weighted by molar-refractivity contribution is 0.317. The molecule has 2 nitrogen and oxygen atoms in total. The van der Waals surface area contributed by atoms with Gasteiger partial charge < -0.3 is 10.1 Å². The lowest BCUT2D eigenvalue weighted by Gasteiger charge is -2.11. The Morgan fingerprint density at radius 1 is 1.44 bits per heavy atom. The Balaban J connectivity index is 1.97. The molecule has 0 bridgehead atoms. The fraction of sp³-hybridized carbons (Fsp3) is 0.538. The van der Waals surface area contributed by atoms with Crippen molar-refractivity contribution in [2.75, 3.05) is 16.4 Å². The third-order valence-corrected chi connectivity index (χ3v) is 3.43. The maximum atomic E-state index is 5.78. The van der Waals surface area contributed by atoms with Gasteiger partial charge in [-0.05, 0) is 37.8 Å². The van der Waals surface area contributed by atoms with E-state index in [0.717, 1.165) is 23.2 Å². The summed E-state index contributed by atoms with van der Waals surface area (Å²) in [5, 5.41) is 3.49. The van der Waals surface area contributed by atoms with Gasteiger partial charge in [0.15, 0.2) is 0 Å². The third kappa shape index (κ3) is 3.54. The Morgan fingerprint density at radius 2 is 2.25 bits per heavy atom. The Kier molecular flexibility index (Phi) is 4.32. The molecule has 3 heteroatoms. The van der Waals surface area contributed by atoms with Crippen molar-refractivity contribution in [2.24, 2.45) is 0 Å². The van der Waals surface area contributed by atoms with Gasteiger partial charge in [0.05, 0.1) is 6.61 Å².